The lowest BCUT2D eigenvalue weighted by Gasteiger charge is -2.42. The van der Waals surface area contributed by atoms with Crippen LogP contribution in [0, 0.1) is 18.8 Å². The fourth-order valence-corrected chi connectivity index (χ4v) is 3.93. The summed E-state index contributed by atoms with van der Waals surface area (Å²) in [6.07, 6.45) is 3.26. The lowest BCUT2D eigenvalue weighted by Crippen LogP contribution is -2.58. The van der Waals surface area contributed by atoms with E-state index in [2.05, 4.69) is 49.8 Å². The number of hydrogen-bond acceptors (Lipinski definition) is 4. The number of rotatable bonds is 5. The van der Waals surface area contributed by atoms with E-state index >= 15 is 0 Å². The normalized spacial score (nSPS) is 24.8. The largest absolute Gasteiger partial charge is 0.311 e. The minimum atomic E-state index is 0.627. The summed E-state index contributed by atoms with van der Waals surface area (Å²) in [6.45, 7) is 14.7. The molecule has 0 radical (unpaired) electrons. The summed E-state index contributed by atoms with van der Waals surface area (Å²) in [6, 6.07) is 1.26. The van der Waals surface area contributed by atoms with Crippen molar-refractivity contribution in [2.75, 3.05) is 13.1 Å². The second-order valence-corrected chi connectivity index (χ2v) is 8.16. The van der Waals surface area contributed by atoms with Gasteiger partial charge in [0, 0.05) is 36.2 Å². The van der Waals surface area contributed by atoms with Crippen LogP contribution in [0.1, 0.15) is 44.0 Å². The Labute approximate surface area is 127 Å². The Morgan fingerprint density at radius 1 is 1.40 bits per heavy atom. The Morgan fingerprint density at radius 3 is 2.70 bits per heavy atom. The molecule has 0 aromatic carbocycles. The van der Waals surface area contributed by atoms with Crippen LogP contribution in [-0.2, 0) is 6.54 Å². The summed E-state index contributed by atoms with van der Waals surface area (Å²) in [5, 5.41) is 5.01. The van der Waals surface area contributed by atoms with Gasteiger partial charge >= 0.3 is 0 Å². The molecule has 0 bridgehead atoms. The summed E-state index contributed by atoms with van der Waals surface area (Å²) >= 11 is 1.84. The summed E-state index contributed by atoms with van der Waals surface area (Å²) in [7, 11) is 0. The van der Waals surface area contributed by atoms with E-state index in [1.165, 1.54) is 16.3 Å². The van der Waals surface area contributed by atoms with Crippen LogP contribution < -0.4 is 5.32 Å². The van der Waals surface area contributed by atoms with Crippen molar-refractivity contribution in [3.05, 3.63) is 16.1 Å². The molecule has 1 fully saturated rings. The molecule has 1 aromatic heterocycles. The van der Waals surface area contributed by atoms with Crippen LogP contribution in [0.2, 0.25) is 0 Å². The van der Waals surface area contributed by atoms with Crippen molar-refractivity contribution in [2.45, 2.75) is 59.7 Å². The van der Waals surface area contributed by atoms with Crippen LogP contribution in [0.4, 0.5) is 0 Å². The maximum atomic E-state index is 4.55. The molecule has 114 valence electrons. The summed E-state index contributed by atoms with van der Waals surface area (Å²) in [4.78, 5) is 8.51. The highest BCUT2D eigenvalue weighted by molar-refractivity contribution is 7.11. The van der Waals surface area contributed by atoms with Gasteiger partial charge in [0.15, 0.2) is 0 Å². The van der Waals surface area contributed by atoms with Crippen molar-refractivity contribution < 1.29 is 0 Å². The molecule has 0 amide bonds. The average molecular weight is 295 g/mol. The second kappa shape index (κ2) is 7.01. The highest BCUT2D eigenvalue weighted by Gasteiger charge is 2.30. The van der Waals surface area contributed by atoms with E-state index < -0.39 is 0 Å². The monoisotopic (exact) mass is 295 g/mol. The van der Waals surface area contributed by atoms with Gasteiger partial charge in [0.1, 0.15) is 5.01 Å². The fourth-order valence-electron chi connectivity index (χ4n) is 3.11. The maximum Gasteiger partial charge on any atom is 0.107 e. The van der Waals surface area contributed by atoms with Gasteiger partial charge in [0.2, 0.25) is 0 Å². The van der Waals surface area contributed by atoms with Crippen molar-refractivity contribution in [3.8, 4) is 0 Å². The molecule has 4 heteroatoms. The molecule has 1 aliphatic rings. The van der Waals surface area contributed by atoms with E-state index in [0.29, 0.717) is 18.0 Å². The second-order valence-electron chi connectivity index (χ2n) is 6.84. The SMILES string of the molecule is Cc1cnc(CN2CC(CC(C)C)NCC2C(C)C)s1. The van der Waals surface area contributed by atoms with Crippen LogP contribution in [0.5, 0.6) is 0 Å². The number of nitrogens with one attached hydrogen (secondary N) is 1. The first-order valence-corrected chi connectivity index (χ1v) is 8.66. The van der Waals surface area contributed by atoms with Crippen molar-refractivity contribution in [3.63, 3.8) is 0 Å². The molecule has 20 heavy (non-hydrogen) atoms. The van der Waals surface area contributed by atoms with E-state index in [1.807, 2.05) is 17.5 Å². The average Bonchev–Trinajstić information content (AvgIpc) is 2.73. The summed E-state index contributed by atoms with van der Waals surface area (Å²) in [5.41, 5.74) is 0. The maximum absolute atomic E-state index is 4.55. The van der Waals surface area contributed by atoms with Gasteiger partial charge in [0.05, 0.1) is 6.54 Å². The number of thiazole rings is 1. The Morgan fingerprint density at radius 2 is 2.15 bits per heavy atom. The highest BCUT2D eigenvalue weighted by atomic mass is 32.1. The van der Waals surface area contributed by atoms with Crippen LogP contribution in [0.15, 0.2) is 6.20 Å². The predicted molar refractivity (Wildman–Crippen MR) is 87.1 cm³/mol. The van der Waals surface area contributed by atoms with Crippen LogP contribution in [0.3, 0.4) is 0 Å². The molecule has 0 spiro atoms. The van der Waals surface area contributed by atoms with Gasteiger partial charge < -0.3 is 5.32 Å². The smallest absolute Gasteiger partial charge is 0.107 e. The Balaban J connectivity index is 2.02. The van der Waals surface area contributed by atoms with E-state index in [1.54, 1.807) is 0 Å². The molecule has 0 aliphatic carbocycles. The molecule has 2 atom stereocenters. The third-order valence-corrected chi connectivity index (χ3v) is 4.97. The molecular weight excluding hydrogens is 266 g/mol. The minimum absolute atomic E-state index is 0.627. The van der Waals surface area contributed by atoms with Crippen LogP contribution in [-0.4, -0.2) is 35.1 Å². The number of aromatic nitrogens is 1. The Kier molecular flexibility index (Phi) is 5.58. The zero-order valence-electron chi connectivity index (χ0n) is 13.5. The highest BCUT2D eigenvalue weighted by Crippen LogP contribution is 2.22. The molecule has 1 aliphatic heterocycles. The van der Waals surface area contributed by atoms with Gasteiger partial charge in [-0.05, 0) is 25.2 Å². The standard InChI is InChI=1S/C16H29N3S/c1-11(2)6-14-9-19(15(8-17-14)12(3)4)10-16-18-7-13(5)20-16/h7,11-12,14-15,17H,6,8-10H2,1-5H3. The predicted octanol–water partition coefficient (Wildman–Crippen LogP) is 3.30. The van der Waals surface area contributed by atoms with Crippen molar-refractivity contribution >= 4 is 11.3 Å². The van der Waals surface area contributed by atoms with Crippen molar-refractivity contribution in [1.29, 1.82) is 0 Å². The number of piperazine rings is 1. The zero-order chi connectivity index (χ0) is 14.7. The molecule has 0 saturated carbocycles. The molecule has 2 heterocycles. The van der Waals surface area contributed by atoms with Gasteiger partial charge in [-0.2, -0.15) is 0 Å². The third-order valence-electron chi connectivity index (χ3n) is 4.07. The lowest BCUT2D eigenvalue weighted by molar-refractivity contribution is 0.0851. The molecule has 1 N–H and O–H groups in total. The molecule has 2 rings (SSSR count). The van der Waals surface area contributed by atoms with Gasteiger partial charge in [-0.1, -0.05) is 27.7 Å². The Hall–Kier alpha value is -0.450. The molecule has 3 nitrogen and oxygen atoms in total. The number of aryl methyl sites for hydroxylation is 1. The fraction of sp³-hybridized carbons (Fsp3) is 0.812. The van der Waals surface area contributed by atoms with Gasteiger partial charge in [-0.15, -0.1) is 11.3 Å². The number of nitrogens with zero attached hydrogens (tertiary/aromatic N) is 2. The minimum Gasteiger partial charge on any atom is -0.311 e. The first-order chi connectivity index (χ1) is 9.45. The topological polar surface area (TPSA) is 28.2 Å². The molecular formula is C16H29N3S. The molecule has 1 saturated heterocycles. The van der Waals surface area contributed by atoms with Crippen molar-refractivity contribution in [2.24, 2.45) is 11.8 Å². The lowest BCUT2D eigenvalue weighted by atomic mass is 9.95. The van der Waals surface area contributed by atoms with E-state index in [9.17, 15) is 0 Å². The van der Waals surface area contributed by atoms with Gasteiger partial charge in [0.25, 0.3) is 0 Å². The van der Waals surface area contributed by atoms with Gasteiger partial charge in [-0.25, -0.2) is 4.98 Å². The van der Waals surface area contributed by atoms with Crippen LogP contribution in [0.25, 0.3) is 0 Å². The van der Waals surface area contributed by atoms with Crippen LogP contribution >= 0.6 is 11.3 Å². The quantitative estimate of drug-likeness (QED) is 0.903. The third kappa shape index (κ3) is 4.27. The van der Waals surface area contributed by atoms with Crippen molar-refractivity contribution in [1.82, 2.24) is 15.2 Å². The molecule has 1 aromatic rings. The van der Waals surface area contributed by atoms with Gasteiger partial charge in [-0.3, -0.25) is 4.90 Å². The summed E-state index contributed by atoms with van der Waals surface area (Å²) < 4.78 is 0. The first kappa shape index (κ1) is 15.9. The molecule has 2 unspecified atom stereocenters. The van der Waals surface area contributed by atoms with E-state index in [0.717, 1.165) is 25.6 Å². The number of hydrogen-bond donors (Lipinski definition) is 1. The first-order valence-electron chi connectivity index (χ1n) is 7.84. The Bertz CT molecular complexity index is 414. The zero-order valence-corrected chi connectivity index (χ0v) is 14.3. The van der Waals surface area contributed by atoms with E-state index in [4.69, 9.17) is 0 Å². The van der Waals surface area contributed by atoms with E-state index in [-0.39, 0.29) is 0 Å². The summed E-state index contributed by atoms with van der Waals surface area (Å²) in [5.74, 6) is 1.44.